The summed E-state index contributed by atoms with van der Waals surface area (Å²) in [5.74, 6) is -0.776. The predicted molar refractivity (Wildman–Crippen MR) is 86.3 cm³/mol. The van der Waals surface area contributed by atoms with Crippen molar-refractivity contribution < 1.29 is 9.90 Å². The third kappa shape index (κ3) is 3.61. The minimum absolute atomic E-state index is 0.129. The van der Waals surface area contributed by atoms with Gasteiger partial charge in [0.05, 0.1) is 6.42 Å². The van der Waals surface area contributed by atoms with Crippen LogP contribution in [-0.4, -0.2) is 11.1 Å². The summed E-state index contributed by atoms with van der Waals surface area (Å²) in [6.45, 7) is 5.98. The van der Waals surface area contributed by atoms with E-state index >= 15 is 0 Å². The molecule has 0 fully saturated rings. The molecule has 1 unspecified atom stereocenters. The van der Waals surface area contributed by atoms with Crippen molar-refractivity contribution in [2.45, 2.75) is 39.7 Å². The zero-order valence-electron chi connectivity index (χ0n) is 12.9. The fourth-order valence-corrected chi connectivity index (χ4v) is 3.08. The Bertz CT molecular complexity index is 661. The Hall–Kier alpha value is -1.87. The van der Waals surface area contributed by atoms with E-state index in [1.54, 1.807) is 0 Å². The molecule has 0 saturated carbocycles. The molecule has 0 bridgehead atoms. The van der Waals surface area contributed by atoms with Gasteiger partial charge in [0.25, 0.3) is 0 Å². The second-order valence-electron chi connectivity index (χ2n) is 6.56. The predicted octanol–water partition coefficient (Wildman–Crippen LogP) is 4.04. The molecule has 2 aromatic carbocycles. The Balaban J connectivity index is 2.37. The minimum Gasteiger partial charge on any atom is -0.481 e. The van der Waals surface area contributed by atoms with Gasteiger partial charge in [0.1, 0.15) is 0 Å². The lowest BCUT2D eigenvalue weighted by atomic mass is 9.79. The number of carbonyl (C=O) groups is 1. The highest BCUT2D eigenvalue weighted by Gasteiger charge is 2.26. The van der Waals surface area contributed by atoms with Crippen molar-refractivity contribution in [3.05, 3.63) is 47.5 Å². The van der Waals surface area contributed by atoms with Gasteiger partial charge >= 0.3 is 5.97 Å². The van der Waals surface area contributed by atoms with Crippen LogP contribution in [0.1, 0.15) is 43.9 Å². The van der Waals surface area contributed by atoms with Crippen molar-refractivity contribution in [2.24, 2.45) is 11.1 Å². The summed E-state index contributed by atoms with van der Waals surface area (Å²) in [6.07, 6.45) is 0.776. The summed E-state index contributed by atoms with van der Waals surface area (Å²) in [5, 5.41) is 11.4. The fourth-order valence-electron chi connectivity index (χ4n) is 3.08. The van der Waals surface area contributed by atoms with Crippen LogP contribution in [0.3, 0.4) is 0 Å². The van der Waals surface area contributed by atoms with E-state index in [0.717, 1.165) is 16.5 Å². The zero-order chi connectivity index (χ0) is 15.6. The van der Waals surface area contributed by atoms with Crippen LogP contribution in [0.15, 0.2) is 36.4 Å². The summed E-state index contributed by atoms with van der Waals surface area (Å²) in [6, 6.07) is 12.2. The van der Waals surface area contributed by atoms with E-state index in [9.17, 15) is 4.79 Å². The fraction of sp³-hybridized carbons (Fsp3) is 0.389. The second kappa shape index (κ2) is 5.86. The van der Waals surface area contributed by atoms with Crippen LogP contribution in [0.2, 0.25) is 0 Å². The Morgan fingerprint density at radius 2 is 1.90 bits per heavy atom. The molecular weight excluding hydrogens is 262 g/mol. The van der Waals surface area contributed by atoms with Crippen LogP contribution in [0.5, 0.6) is 0 Å². The molecule has 112 valence electrons. The van der Waals surface area contributed by atoms with Crippen molar-refractivity contribution >= 4 is 16.7 Å². The quantitative estimate of drug-likeness (QED) is 0.871. The summed E-state index contributed by atoms with van der Waals surface area (Å²) in [4.78, 5) is 11.0. The lowest BCUT2D eigenvalue weighted by molar-refractivity contribution is -0.139. The molecule has 3 heteroatoms. The maximum Gasteiger partial charge on any atom is 0.303 e. The summed E-state index contributed by atoms with van der Waals surface area (Å²) < 4.78 is 0. The van der Waals surface area contributed by atoms with Crippen molar-refractivity contribution in [2.75, 3.05) is 0 Å². The van der Waals surface area contributed by atoms with E-state index in [-0.39, 0.29) is 17.9 Å². The van der Waals surface area contributed by atoms with Gasteiger partial charge in [0.2, 0.25) is 0 Å². The summed E-state index contributed by atoms with van der Waals surface area (Å²) in [5.41, 5.74) is 8.40. The average molecular weight is 285 g/mol. The molecule has 21 heavy (non-hydrogen) atoms. The van der Waals surface area contributed by atoms with Crippen molar-refractivity contribution in [3.8, 4) is 0 Å². The van der Waals surface area contributed by atoms with E-state index < -0.39 is 5.97 Å². The average Bonchev–Trinajstić information content (AvgIpc) is 2.35. The molecule has 0 aliphatic carbocycles. The molecule has 1 atom stereocenters. The lowest BCUT2D eigenvalue weighted by Gasteiger charge is -2.28. The Labute approximate surface area is 125 Å². The standard InChI is InChI=1S/C18H23NO2/c1-12-8-9-13-6-4-5-7-14(13)17(12)15(19)10-18(2,3)11-16(20)21/h4-9,15H,10-11,19H2,1-3H3,(H,20,21). The van der Waals surface area contributed by atoms with Crippen LogP contribution in [0, 0.1) is 12.3 Å². The Kier molecular flexibility index (Phi) is 4.33. The number of rotatable bonds is 5. The zero-order valence-corrected chi connectivity index (χ0v) is 12.9. The van der Waals surface area contributed by atoms with Crippen LogP contribution in [-0.2, 0) is 4.79 Å². The molecule has 2 aromatic rings. The number of carboxylic acid groups (broad SMARTS) is 1. The number of carboxylic acids is 1. The third-order valence-corrected chi connectivity index (χ3v) is 3.96. The molecule has 3 N–H and O–H groups in total. The van der Waals surface area contributed by atoms with Crippen molar-refractivity contribution in [1.29, 1.82) is 0 Å². The van der Waals surface area contributed by atoms with Gasteiger partial charge in [-0.1, -0.05) is 50.2 Å². The van der Waals surface area contributed by atoms with Gasteiger partial charge in [-0.3, -0.25) is 4.79 Å². The van der Waals surface area contributed by atoms with Crippen LogP contribution >= 0.6 is 0 Å². The van der Waals surface area contributed by atoms with E-state index in [0.29, 0.717) is 6.42 Å². The van der Waals surface area contributed by atoms with Gasteiger partial charge in [-0.2, -0.15) is 0 Å². The van der Waals surface area contributed by atoms with Crippen LogP contribution < -0.4 is 5.73 Å². The molecule has 0 aromatic heterocycles. The van der Waals surface area contributed by atoms with Gasteiger partial charge in [-0.05, 0) is 40.7 Å². The van der Waals surface area contributed by atoms with Crippen molar-refractivity contribution in [3.63, 3.8) is 0 Å². The molecule has 0 spiro atoms. The van der Waals surface area contributed by atoms with Gasteiger partial charge < -0.3 is 10.8 Å². The van der Waals surface area contributed by atoms with Gasteiger partial charge in [-0.15, -0.1) is 0 Å². The van der Waals surface area contributed by atoms with Crippen molar-refractivity contribution in [1.82, 2.24) is 0 Å². The highest BCUT2D eigenvalue weighted by molar-refractivity contribution is 5.87. The number of hydrogen-bond donors (Lipinski definition) is 2. The first-order valence-corrected chi connectivity index (χ1v) is 7.26. The number of aliphatic carboxylic acids is 1. The first kappa shape index (κ1) is 15.5. The molecule has 0 heterocycles. The topological polar surface area (TPSA) is 63.3 Å². The first-order valence-electron chi connectivity index (χ1n) is 7.26. The summed E-state index contributed by atoms with van der Waals surface area (Å²) in [7, 11) is 0. The van der Waals surface area contributed by atoms with Crippen LogP contribution in [0.4, 0.5) is 0 Å². The van der Waals surface area contributed by atoms with Gasteiger partial charge in [-0.25, -0.2) is 0 Å². The summed E-state index contributed by atoms with van der Waals surface area (Å²) >= 11 is 0. The smallest absolute Gasteiger partial charge is 0.303 e. The number of fused-ring (bicyclic) bond motifs is 1. The highest BCUT2D eigenvalue weighted by atomic mass is 16.4. The molecule has 2 rings (SSSR count). The van der Waals surface area contributed by atoms with E-state index in [1.165, 1.54) is 5.39 Å². The SMILES string of the molecule is Cc1ccc2ccccc2c1C(N)CC(C)(C)CC(=O)O. The van der Waals surface area contributed by atoms with Gasteiger partial charge in [0, 0.05) is 6.04 Å². The maximum atomic E-state index is 11.0. The molecule has 0 aliphatic rings. The molecule has 0 radical (unpaired) electrons. The lowest BCUT2D eigenvalue weighted by Crippen LogP contribution is -2.24. The molecule has 3 nitrogen and oxygen atoms in total. The van der Waals surface area contributed by atoms with Gasteiger partial charge in [0.15, 0.2) is 0 Å². The first-order chi connectivity index (χ1) is 9.80. The largest absolute Gasteiger partial charge is 0.481 e. The van der Waals surface area contributed by atoms with E-state index in [1.807, 2.05) is 26.0 Å². The number of hydrogen-bond acceptors (Lipinski definition) is 2. The maximum absolute atomic E-state index is 11.0. The third-order valence-electron chi connectivity index (χ3n) is 3.96. The molecular formula is C18H23NO2. The molecule has 0 aliphatic heterocycles. The monoisotopic (exact) mass is 285 g/mol. The number of benzene rings is 2. The minimum atomic E-state index is -0.776. The number of nitrogens with two attached hydrogens (primary N) is 1. The van der Waals surface area contributed by atoms with Crippen LogP contribution in [0.25, 0.3) is 10.8 Å². The normalized spacial score (nSPS) is 13.3. The Morgan fingerprint density at radius 1 is 1.24 bits per heavy atom. The molecule has 0 amide bonds. The van der Waals surface area contributed by atoms with E-state index in [4.69, 9.17) is 10.8 Å². The highest BCUT2D eigenvalue weighted by Crippen LogP contribution is 2.35. The number of aryl methyl sites for hydroxylation is 1. The molecule has 0 saturated heterocycles. The van der Waals surface area contributed by atoms with E-state index in [2.05, 4.69) is 31.2 Å². The second-order valence-corrected chi connectivity index (χ2v) is 6.56. The Morgan fingerprint density at radius 3 is 2.57 bits per heavy atom.